The molecule has 0 unspecified atom stereocenters. The van der Waals surface area contributed by atoms with E-state index in [4.69, 9.17) is 0 Å². The zero-order chi connectivity index (χ0) is 13.2. The van der Waals surface area contributed by atoms with Crippen LogP contribution in [0.1, 0.15) is 51.9 Å². The number of amides is 2. The van der Waals surface area contributed by atoms with Gasteiger partial charge in [0.1, 0.15) is 0 Å². The van der Waals surface area contributed by atoms with Gasteiger partial charge in [-0.25, -0.2) is 0 Å². The van der Waals surface area contributed by atoms with Crippen molar-refractivity contribution in [2.24, 2.45) is 0 Å². The lowest BCUT2D eigenvalue weighted by molar-refractivity contribution is -0.126. The summed E-state index contributed by atoms with van der Waals surface area (Å²) in [7, 11) is 0. The molecule has 0 aliphatic heterocycles. The van der Waals surface area contributed by atoms with E-state index in [-0.39, 0.29) is 18.4 Å². The molecule has 0 aromatic rings. The minimum atomic E-state index is -0.101. The smallest absolute Gasteiger partial charge is 0.239 e. The Morgan fingerprint density at radius 2 is 2.06 bits per heavy atom. The van der Waals surface area contributed by atoms with Gasteiger partial charge in [-0.15, -0.1) is 0 Å². The van der Waals surface area contributed by atoms with Gasteiger partial charge in [-0.05, 0) is 38.5 Å². The minimum Gasteiger partial charge on any atom is -0.354 e. The van der Waals surface area contributed by atoms with Crippen LogP contribution in [0.4, 0.5) is 0 Å². The molecule has 4 nitrogen and oxygen atoms in total. The first kappa shape index (κ1) is 14.7. The predicted molar refractivity (Wildman–Crippen MR) is 72.1 cm³/mol. The highest BCUT2D eigenvalue weighted by Crippen LogP contribution is 2.19. The first-order chi connectivity index (χ1) is 8.72. The molecule has 0 aromatic heterocycles. The van der Waals surface area contributed by atoms with Gasteiger partial charge >= 0.3 is 0 Å². The molecular formula is C14H24N2O2. The van der Waals surface area contributed by atoms with Gasteiger partial charge in [0.2, 0.25) is 11.8 Å². The van der Waals surface area contributed by atoms with Crippen LogP contribution in [0, 0.1) is 0 Å². The molecule has 0 saturated heterocycles. The second-order valence-electron chi connectivity index (χ2n) is 4.73. The van der Waals surface area contributed by atoms with Gasteiger partial charge < -0.3 is 10.6 Å². The Morgan fingerprint density at radius 1 is 1.22 bits per heavy atom. The summed E-state index contributed by atoms with van der Waals surface area (Å²) >= 11 is 0. The fourth-order valence-corrected chi connectivity index (χ4v) is 2.05. The molecule has 0 fully saturated rings. The standard InChI is InChI=1S/C14H24N2O2/c1-2-6-13(17)16-11-14(18)15-10-9-12-7-4-3-5-8-12/h7H,2-6,8-11H2,1H3,(H,15,18)(H,16,17). The van der Waals surface area contributed by atoms with E-state index in [0.29, 0.717) is 13.0 Å². The molecule has 1 rings (SSSR count). The molecule has 1 aliphatic carbocycles. The second kappa shape index (κ2) is 8.72. The SMILES string of the molecule is CCCC(=O)NCC(=O)NCCC1=CCCCC1. The maximum Gasteiger partial charge on any atom is 0.239 e. The second-order valence-corrected chi connectivity index (χ2v) is 4.73. The topological polar surface area (TPSA) is 58.2 Å². The van der Waals surface area contributed by atoms with Crippen LogP contribution in [-0.2, 0) is 9.59 Å². The average Bonchev–Trinajstić information content (AvgIpc) is 2.38. The van der Waals surface area contributed by atoms with Crippen molar-refractivity contribution in [3.63, 3.8) is 0 Å². The lowest BCUT2D eigenvalue weighted by Gasteiger charge is -2.13. The lowest BCUT2D eigenvalue weighted by atomic mass is 9.97. The molecule has 0 heterocycles. The number of hydrogen-bond acceptors (Lipinski definition) is 2. The van der Waals surface area contributed by atoms with Crippen molar-refractivity contribution in [1.29, 1.82) is 0 Å². The van der Waals surface area contributed by atoms with Gasteiger partial charge in [0.25, 0.3) is 0 Å². The van der Waals surface area contributed by atoms with Crippen molar-refractivity contribution in [2.75, 3.05) is 13.1 Å². The van der Waals surface area contributed by atoms with E-state index >= 15 is 0 Å². The lowest BCUT2D eigenvalue weighted by Crippen LogP contribution is -2.37. The Morgan fingerprint density at radius 3 is 2.72 bits per heavy atom. The predicted octanol–water partition coefficient (Wildman–Crippen LogP) is 1.91. The maximum atomic E-state index is 11.4. The number of rotatable bonds is 7. The molecule has 18 heavy (non-hydrogen) atoms. The summed E-state index contributed by atoms with van der Waals surface area (Å²) in [6.07, 6.45) is 9.43. The number of nitrogens with one attached hydrogen (secondary N) is 2. The summed E-state index contributed by atoms with van der Waals surface area (Å²) in [6.45, 7) is 2.71. The Bertz CT molecular complexity index is 311. The number of allylic oxidation sites excluding steroid dienone is 1. The van der Waals surface area contributed by atoms with Crippen LogP contribution in [0.2, 0.25) is 0 Å². The first-order valence-electron chi connectivity index (χ1n) is 6.93. The molecule has 4 heteroatoms. The highest BCUT2D eigenvalue weighted by Gasteiger charge is 2.06. The fourth-order valence-electron chi connectivity index (χ4n) is 2.05. The molecule has 0 radical (unpaired) electrons. The van der Waals surface area contributed by atoms with Crippen LogP contribution in [0.15, 0.2) is 11.6 Å². The van der Waals surface area contributed by atoms with Gasteiger partial charge in [0.15, 0.2) is 0 Å². The zero-order valence-corrected chi connectivity index (χ0v) is 11.3. The van der Waals surface area contributed by atoms with Crippen molar-refractivity contribution in [1.82, 2.24) is 10.6 Å². The zero-order valence-electron chi connectivity index (χ0n) is 11.3. The Labute approximate surface area is 109 Å². The van der Waals surface area contributed by atoms with Crippen molar-refractivity contribution < 1.29 is 9.59 Å². The number of carbonyl (C=O) groups excluding carboxylic acids is 2. The quantitative estimate of drug-likeness (QED) is 0.680. The normalized spacial score (nSPS) is 14.8. The van der Waals surface area contributed by atoms with Gasteiger partial charge in [-0.1, -0.05) is 18.6 Å². The van der Waals surface area contributed by atoms with E-state index < -0.39 is 0 Å². The molecule has 2 N–H and O–H groups in total. The fraction of sp³-hybridized carbons (Fsp3) is 0.714. The third kappa shape index (κ3) is 6.42. The van der Waals surface area contributed by atoms with Gasteiger partial charge in [-0.2, -0.15) is 0 Å². The minimum absolute atomic E-state index is 0.0531. The molecule has 0 spiro atoms. The van der Waals surface area contributed by atoms with E-state index in [2.05, 4.69) is 16.7 Å². The van der Waals surface area contributed by atoms with Crippen LogP contribution in [0.5, 0.6) is 0 Å². The summed E-state index contributed by atoms with van der Waals surface area (Å²) in [5.74, 6) is -0.154. The molecular weight excluding hydrogens is 228 g/mol. The largest absolute Gasteiger partial charge is 0.354 e. The molecule has 0 aromatic carbocycles. The van der Waals surface area contributed by atoms with Crippen molar-refractivity contribution in [2.45, 2.75) is 51.9 Å². The van der Waals surface area contributed by atoms with Crippen molar-refractivity contribution in [3.05, 3.63) is 11.6 Å². The third-order valence-electron chi connectivity index (χ3n) is 3.08. The van der Waals surface area contributed by atoms with Crippen LogP contribution < -0.4 is 10.6 Å². The maximum absolute atomic E-state index is 11.4. The Hall–Kier alpha value is -1.32. The summed E-state index contributed by atoms with van der Waals surface area (Å²) in [4.78, 5) is 22.6. The summed E-state index contributed by atoms with van der Waals surface area (Å²) in [6, 6.07) is 0. The van der Waals surface area contributed by atoms with Gasteiger partial charge in [-0.3, -0.25) is 9.59 Å². The van der Waals surface area contributed by atoms with Crippen LogP contribution in [0.25, 0.3) is 0 Å². The highest BCUT2D eigenvalue weighted by atomic mass is 16.2. The highest BCUT2D eigenvalue weighted by molar-refractivity contribution is 5.84. The molecule has 1 aliphatic rings. The molecule has 102 valence electrons. The van der Waals surface area contributed by atoms with Crippen molar-refractivity contribution >= 4 is 11.8 Å². The first-order valence-corrected chi connectivity index (χ1v) is 6.93. The van der Waals surface area contributed by atoms with Crippen molar-refractivity contribution in [3.8, 4) is 0 Å². The molecule has 0 bridgehead atoms. The van der Waals surface area contributed by atoms with Gasteiger partial charge in [0.05, 0.1) is 6.54 Å². The number of carbonyl (C=O) groups is 2. The Balaban J connectivity index is 2.06. The van der Waals surface area contributed by atoms with Crippen LogP contribution in [-0.4, -0.2) is 24.9 Å². The van der Waals surface area contributed by atoms with E-state index in [9.17, 15) is 9.59 Å². The van der Waals surface area contributed by atoms with Crippen LogP contribution >= 0.6 is 0 Å². The summed E-state index contributed by atoms with van der Waals surface area (Å²) in [5.41, 5.74) is 1.46. The van der Waals surface area contributed by atoms with E-state index in [0.717, 1.165) is 12.8 Å². The third-order valence-corrected chi connectivity index (χ3v) is 3.08. The Kier molecular flexibility index (Phi) is 7.14. The summed E-state index contributed by atoms with van der Waals surface area (Å²) in [5, 5.41) is 5.44. The molecule has 0 saturated carbocycles. The monoisotopic (exact) mass is 252 g/mol. The van der Waals surface area contributed by atoms with E-state index in [1.54, 1.807) is 0 Å². The molecule has 0 atom stereocenters. The average molecular weight is 252 g/mol. The number of hydrogen-bond donors (Lipinski definition) is 2. The van der Waals surface area contributed by atoms with Gasteiger partial charge in [0, 0.05) is 13.0 Å². The molecule has 2 amide bonds. The van der Waals surface area contributed by atoms with Crippen LogP contribution in [0.3, 0.4) is 0 Å². The summed E-state index contributed by atoms with van der Waals surface area (Å²) < 4.78 is 0. The van der Waals surface area contributed by atoms with E-state index in [1.807, 2.05) is 6.92 Å². The van der Waals surface area contributed by atoms with E-state index in [1.165, 1.54) is 31.3 Å².